The summed E-state index contributed by atoms with van der Waals surface area (Å²) in [6.07, 6.45) is 0.669. The van der Waals surface area contributed by atoms with Crippen molar-refractivity contribution in [3.05, 3.63) is 29.8 Å². The maximum atomic E-state index is 12.2. The van der Waals surface area contributed by atoms with Crippen molar-refractivity contribution < 1.29 is 16.8 Å². The molecule has 0 spiro atoms. The highest BCUT2D eigenvalue weighted by atomic mass is 79.9. The van der Waals surface area contributed by atoms with Gasteiger partial charge >= 0.3 is 0 Å². The van der Waals surface area contributed by atoms with E-state index in [0.29, 0.717) is 18.2 Å². The maximum Gasteiger partial charge on any atom is 0.240 e. The summed E-state index contributed by atoms with van der Waals surface area (Å²) in [5.74, 6) is 0.0887. The van der Waals surface area contributed by atoms with E-state index in [0.717, 1.165) is 5.56 Å². The maximum absolute atomic E-state index is 12.2. The Morgan fingerprint density at radius 2 is 1.70 bits per heavy atom. The number of halogens is 1. The van der Waals surface area contributed by atoms with Gasteiger partial charge in [-0.1, -0.05) is 28.1 Å². The second-order valence-corrected chi connectivity index (χ2v) is 9.40. The van der Waals surface area contributed by atoms with Crippen LogP contribution in [0.5, 0.6) is 0 Å². The van der Waals surface area contributed by atoms with E-state index in [1.807, 2.05) is 0 Å². The molecule has 1 aliphatic heterocycles. The fraction of sp³-hybridized carbons (Fsp3) is 0.500. The van der Waals surface area contributed by atoms with Gasteiger partial charge in [0.05, 0.1) is 16.4 Å². The Morgan fingerprint density at radius 1 is 1.15 bits per heavy atom. The average molecular weight is 382 g/mol. The molecule has 2 rings (SSSR count). The second-order valence-electron chi connectivity index (χ2n) is 4.82. The molecule has 0 unspecified atom stereocenters. The Hall–Kier alpha value is -0.440. The largest absolute Gasteiger partial charge is 0.240 e. The molecule has 1 saturated heterocycles. The van der Waals surface area contributed by atoms with Crippen LogP contribution >= 0.6 is 15.9 Å². The smallest absolute Gasteiger partial charge is 0.229 e. The monoisotopic (exact) mass is 381 g/mol. The number of hydrogen-bond acceptors (Lipinski definition) is 4. The number of nitrogens with one attached hydrogen (secondary N) is 1. The standard InChI is InChI=1S/C12H16BrNO4S2/c13-9-10-1-3-12(4-2-10)20(17,18)14-11-5-7-19(15,16)8-6-11/h1-4,11,14H,5-9H2. The first-order valence-corrected chi connectivity index (χ1v) is 10.6. The third kappa shape index (κ3) is 4.03. The van der Waals surface area contributed by atoms with E-state index in [1.54, 1.807) is 24.3 Å². The summed E-state index contributed by atoms with van der Waals surface area (Å²) in [6, 6.07) is 6.29. The molecule has 0 atom stereocenters. The highest BCUT2D eigenvalue weighted by molar-refractivity contribution is 9.08. The Balaban J connectivity index is 2.07. The molecule has 0 aliphatic carbocycles. The lowest BCUT2D eigenvalue weighted by molar-refractivity contribution is 0.505. The predicted molar refractivity (Wildman–Crippen MR) is 81.1 cm³/mol. The predicted octanol–water partition coefficient (Wildman–Crippen LogP) is 1.44. The Bertz CT molecular complexity index is 654. The van der Waals surface area contributed by atoms with Crippen molar-refractivity contribution in [3.63, 3.8) is 0 Å². The van der Waals surface area contributed by atoms with Crippen LogP contribution in [-0.4, -0.2) is 34.4 Å². The van der Waals surface area contributed by atoms with Gasteiger partial charge in [-0.25, -0.2) is 21.6 Å². The number of rotatable bonds is 4. The van der Waals surface area contributed by atoms with Crippen LogP contribution in [0.4, 0.5) is 0 Å². The van der Waals surface area contributed by atoms with Gasteiger partial charge in [0.15, 0.2) is 0 Å². The van der Waals surface area contributed by atoms with Crippen molar-refractivity contribution in [1.29, 1.82) is 0 Å². The van der Waals surface area contributed by atoms with E-state index < -0.39 is 19.9 Å². The van der Waals surface area contributed by atoms with E-state index in [4.69, 9.17) is 0 Å². The van der Waals surface area contributed by atoms with Crippen molar-refractivity contribution in [2.75, 3.05) is 11.5 Å². The van der Waals surface area contributed by atoms with Gasteiger partial charge in [-0.05, 0) is 30.5 Å². The minimum absolute atomic E-state index is 0.0444. The molecule has 1 aliphatic rings. The van der Waals surface area contributed by atoms with Crippen LogP contribution in [0.3, 0.4) is 0 Å². The molecule has 1 aromatic carbocycles. The highest BCUT2D eigenvalue weighted by Gasteiger charge is 2.27. The molecule has 20 heavy (non-hydrogen) atoms. The first-order chi connectivity index (χ1) is 9.32. The molecule has 1 aromatic rings. The van der Waals surface area contributed by atoms with Crippen LogP contribution in [0.2, 0.25) is 0 Å². The molecular weight excluding hydrogens is 366 g/mol. The van der Waals surface area contributed by atoms with Gasteiger partial charge in [0.25, 0.3) is 0 Å². The molecule has 1 N–H and O–H groups in total. The van der Waals surface area contributed by atoms with E-state index in [1.165, 1.54) is 0 Å². The third-order valence-electron chi connectivity index (χ3n) is 3.26. The minimum Gasteiger partial charge on any atom is -0.229 e. The molecule has 1 fully saturated rings. The molecular formula is C12H16BrNO4S2. The van der Waals surface area contributed by atoms with E-state index in [-0.39, 0.29) is 22.4 Å². The molecule has 5 nitrogen and oxygen atoms in total. The molecule has 0 bridgehead atoms. The van der Waals surface area contributed by atoms with Crippen LogP contribution in [0.15, 0.2) is 29.2 Å². The lowest BCUT2D eigenvalue weighted by Crippen LogP contribution is -2.40. The van der Waals surface area contributed by atoms with Gasteiger partial charge in [0, 0.05) is 11.4 Å². The average Bonchev–Trinajstić information content (AvgIpc) is 2.41. The summed E-state index contributed by atoms with van der Waals surface area (Å²) in [6.45, 7) is 0. The molecule has 0 aromatic heterocycles. The Labute approximate surface area is 127 Å². The van der Waals surface area contributed by atoms with Crippen LogP contribution in [0.25, 0.3) is 0 Å². The zero-order valence-corrected chi connectivity index (χ0v) is 14.0. The van der Waals surface area contributed by atoms with Gasteiger partial charge < -0.3 is 0 Å². The van der Waals surface area contributed by atoms with Crippen molar-refractivity contribution in [3.8, 4) is 0 Å². The van der Waals surface area contributed by atoms with Crippen LogP contribution in [0, 0.1) is 0 Å². The zero-order valence-electron chi connectivity index (χ0n) is 10.7. The van der Waals surface area contributed by atoms with Gasteiger partial charge in [-0.3, -0.25) is 0 Å². The second kappa shape index (κ2) is 6.13. The first kappa shape index (κ1) is 15.9. The quantitative estimate of drug-likeness (QED) is 0.800. The summed E-state index contributed by atoms with van der Waals surface area (Å²) in [4.78, 5) is 0.204. The topological polar surface area (TPSA) is 80.3 Å². The highest BCUT2D eigenvalue weighted by Crippen LogP contribution is 2.17. The summed E-state index contributed by atoms with van der Waals surface area (Å²) in [7, 11) is -6.57. The van der Waals surface area contributed by atoms with E-state index >= 15 is 0 Å². The van der Waals surface area contributed by atoms with Crippen molar-refractivity contribution in [1.82, 2.24) is 4.72 Å². The van der Waals surface area contributed by atoms with Crippen molar-refractivity contribution >= 4 is 35.8 Å². The number of benzene rings is 1. The Kier molecular flexibility index (Phi) is 4.88. The number of sulfonamides is 1. The minimum atomic E-state index is -3.58. The van der Waals surface area contributed by atoms with Crippen LogP contribution < -0.4 is 4.72 Å². The lowest BCUT2D eigenvalue weighted by atomic mass is 10.2. The first-order valence-electron chi connectivity index (χ1n) is 6.20. The van der Waals surface area contributed by atoms with Gasteiger partial charge in [0.2, 0.25) is 10.0 Å². The van der Waals surface area contributed by atoms with Crippen molar-refractivity contribution in [2.24, 2.45) is 0 Å². The summed E-state index contributed by atoms with van der Waals surface area (Å²) >= 11 is 3.30. The normalized spacial score (nSPS) is 19.9. The fourth-order valence-corrected chi connectivity index (χ4v) is 5.22. The lowest BCUT2D eigenvalue weighted by Gasteiger charge is -2.22. The van der Waals surface area contributed by atoms with Gasteiger partial charge in [-0.2, -0.15) is 0 Å². The number of alkyl halides is 1. The number of hydrogen-bond donors (Lipinski definition) is 1. The Morgan fingerprint density at radius 3 is 2.20 bits per heavy atom. The number of sulfone groups is 1. The molecule has 112 valence electrons. The van der Waals surface area contributed by atoms with Gasteiger partial charge in [-0.15, -0.1) is 0 Å². The van der Waals surface area contributed by atoms with Gasteiger partial charge in [0.1, 0.15) is 9.84 Å². The van der Waals surface area contributed by atoms with Crippen LogP contribution in [-0.2, 0) is 25.2 Å². The van der Waals surface area contributed by atoms with Crippen molar-refractivity contribution in [2.45, 2.75) is 29.1 Å². The molecule has 0 amide bonds. The third-order valence-corrected chi connectivity index (χ3v) is 7.16. The fourth-order valence-electron chi connectivity index (χ4n) is 2.05. The summed E-state index contributed by atoms with van der Waals surface area (Å²) in [5.41, 5.74) is 0.993. The summed E-state index contributed by atoms with van der Waals surface area (Å²) in [5, 5.41) is 0.668. The SMILES string of the molecule is O=S1(=O)CCC(NS(=O)(=O)c2ccc(CBr)cc2)CC1. The van der Waals surface area contributed by atoms with E-state index in [9.17, 15) is 16.8 Å². The molecule has 0 radical (unpaired) electrons. The molecule has 1 heterocycles. The van der Waals surface area contributed by atoms with Crippen LogP contribution in [0.1, 0.15) is 18.4 Å². The van der Waals surface area contributed by atoms with E-state index in [2.05, 4.69) is 20.7 Å². The zero-order chi connectivity index (χ0) is 14.8. The molecule has 8 heteroatoms. The molecule has 0 saturated carbocycles. The summed E-state index contributed by atoms with van der Waals surface area (Å²) < 4.78 is 49.6.